The van der Waals surface area contributed by atoms with Gasteiger partial charge in [0.1, 0.15) is 5.82 Å². The third kappa shape index (κ3) is 2.91. The van der Waals surface area contributed by atoms with E-state index in [1.807, 2.05) is 26.1 Å². The van der Waals surface area contributed by atoms with Crippen LogP contribution < -0.4 is 5.32 Å². The SMILES string of the molecule is Cc1cnccc1CNc1nc(Cl)ncc1C. The van der Waals surface area contributed by atoms with Crippen LogP contribution in [0.2, 0.25) is 5.28 Å². The highest BCUT2D eigenvalue weighted by atomic mass is 35.5. The molecule has 0 atom stereocenters. The van der Waals surface area contributed by atoms with E-state index in [9.17, 15) is 0 Å². The number of rotatable bonds is 3. The molecule has 0 radical (unpaired) electrons. The van der Waals surface area contributed by atoms with Crippen molar-refractivity contribution in [1.82, 2.24) is 15.0 Å². The average molecular weight is 249 g/mol. The molecule has 0 aliphatic carbocycles. The second-order valence-electron chi connectivity index (χ2n) is 3.83. The normalized spacial score (nSPS) is 10.3. The number of aromatic nitrogens is 3. The zero-order chi connectivity index (χ0) is 12.3. The molecule has 2 heterocycles. The molecular weight excluding hydrogens is 236 g/mol. The second-order valence-corrected chi connectivity index (χ2v) is 4.16. The van der Waals surface area contributed by atoms with Gasteiger partial charge in [0.05, 0.1) is 0 Å². The quantitative estimate of drug-likeness (QED) is 0.849. The second kappa shape index (κ2) is 5.10. The van der Waals surface area contributed by atoms with Gasteiger partial charge in [-0.15, -0.1) is 0 Å². The van der Waals surface area contributed by atoms with E-state index in [1.165, 1.54) is 5.56 Å². The molecule has 2 aromatic heterocycles. The summed E-state index contributed by atoms with van der Waals surface area (Å²) in [5, 5.41) is 3.50. The Balaban J connectivity index is 2.12. The van der Waals surface area contributed by atoms with Crippen molar-refractivity contribution >= 4 is 17.4 Å². The average Bonchev–Trinajstić information content (AvgIpc) is 2.32. The summed E-state index contributed by atoms with van der Waals surface area (Å²) in [4.78, 5) is 12.1. The summed E-state index contributed by atoms with van der Waals surface area (Å²) in [5.74, 6) is 0.765. The predicted molar refractivity (Wildman–Crippen MR) is 68.1 cm³/mol. The lowest BCUT2D eigenvalue weighted by Gasteiger charge is -2.09. The Labute approximate surface area is 105 Å². The lowest BCUT2D eigenvalue weighted by molar-refractivity contribution is 1.04. The van der Waals surface area contributed by atoms with Gasteiger partial charge in [-0.1, -0.05) is 0 Å². The van der Waals surface area contributed by atoms with Crippen LogP contribution in [0.5, 0.6) is 0 Å². The Kier molecular flexibility index (Phi) is 3.54. The third-order valence-electron chi connectivity index (χ3n) is 2.53. The van der Waals surface area contributed by atoms with E-state index in [2.05, 4.69) is 20.3 Å². The summed E-state index contributed by atoms with van der Waals surface area (Å²) in [5.41, 5.74) is 3.31. The van der Waals surface area contributed by atoms with Crippen LogP contribution in [-0.2, 0) is 6.54 Å². The van der Waals surface area contributed by atoms with Crippen molar-refractivity contribution in [3.8, 4) is 0 Å². The highest BCUT2D eigenvalue weighted by molar-refractivity contribution is 6.28. The van der Waals surface area contributed by atoms with Crippen molar-refractivity contribution in [3.05, 3.63) is 46.6 Å². The standard InChI is InChI=1S/C12H13ClN4/c1-8-5-14-4-3-10(8)7-15-11-9(2)6-16-12(13)17-11/h3-6H,7H2,1-2H3,(H,15,16,17). The first kappa shape index (κ1) is 11.8. The lowest BCUT2D eigenvalue weighted by Crippen LogP contribution is -2.05. The maximum Gasteiger partial charge on any atom is 0.224 e. The Morgan fingerprint density at radius 3 is 2.82 bits per heavy atom. The predicted octanol–water partition coefficient (Wildman–Crippen LogP) is 2.75. The maximum absolute atomic E-state index is 5.76. The molecule has 0 saturated carbocycles. The van der Waals surface area contributed by atoms with Crippen LogP contribution in [0, 0.1) is 13.8 Å². The third-order valence-corrected chi connectivity index (χ3v) is 2.71. The molecule has 0 spiro atoms. The highest BCUT2D eigenvalue weighted by Gasteiger charge is 2.03. The minimum Gasteiger partial charge on any atom is -0.366 e. The molecule has 0 amide bonds. The Morgan fingerprint density at radius 2 is 2.06 bits per heavy atom. The molecule has 2 aromatic rings. The first-order valence-electron chi connectivity index (χ1n) is 5.29. The van der Waals surface area contributed by atoms with Crippen molar-refractivity contribution in [2.45, 2.75) is 20.4 Å². The fourth-order valence-electron chi connectivity index (χ4n) is 1.48. The van der Waals surface area contributed by atoms with Crippen LogP contribution in [0.15, 0.2) is 24.7 Å². The van der Waals surface area contributed by atoms with E-state index in [-0.39, 0.29) is 5.28 Å². The molecule has 2 rings (SSSR count). The molecule has 0 aliphatic heterocycles. The van der Waals surface area contributed by atoms with Gasteiger partial charge in [0.2, 0.25) is 5.28 Å². The number of hydrogen-bond acceptors (Lipinski definition) is 4. The maximum atomic E-state index is 5.76. The number of pyridine rings is 1. The van der Waals surface area contributed by atoms with Gasteiger partial charge < -0.3 is 5.32 Å². The fraction of sp³-hybridized carbons (Fsp3) is 0.250. The number of nitrogens with zero attached hydrogens (tertiary/aromatic N) is 3. The van der Waals surface area contributed by atoms with Gasteiger partial charge in [-0.2, -0.15) is 0 Å². The van der Waals surface area contributed by atoms with E-state index >= 15 is 0 Å². The number of halogens is 1. The van der Waals surface area contributed by atoms with E-state index in [4.69, 9.17) is 11.6 Å². The molecule has 0 aromatic carbocycles. The van der Waals surface area contributed by atoms with Crippen LogP contribution in [0.4, 0.5) is 5.82 Å². The summed E-state index contributed by atoms with van der Waals surface area (Å²) >= 11 is 5.76. The minimum absolute atomic E-state index is 0.254. The van der Waals surface area contributed by atoms with Crippen LogP contribution >= 0.6 is 11.6 Å². The lowest BCUT2D eigenvalue weighted by atomic mass is 10.1. The highest BCUT2D eigenvalue weighted by Crippen LogP contribution is 2.14. The van der Waals surface area contributed by atoms with Crippen LogP contribution in [0.25, 0.3) is 0 Å². The summed E-state index contributed by atoms with van der Waals surface area (Å²) in [6.07, 6.45) is 5.33. The van der Waals surface area contributed by atoms with Gasteiger partial charge in [-0.25, -0.2) is 9.97 Å². The minimum atomic E-state index is 0.254. The van der Waals surface area contributed by atoms with Crippen molar-refractivity contribution in [1.29, 1.82) is 0 Å². The van der Waals surface area contributed by atoms with Crippen LogP contribution in [0.3, 0.4) is 0 Å². The van der Waals surface area contributed by atoms with Crippen molar-refractivity contribution in [2.75, 3.05) is 5.32 Å². The summed E-state index contributed by atoms with van der Waals surface area (Å²) in [7, 11) is 0. The summed E-state index contributed by atoms with van der Waals surface area (Å²) < 4.78 is 0. The van der Waals surface area contributed by atoms with Gasteiger partial charge in [0.25, 0.3) is 0 Å². The molecule has 88 valence electrons. The zero-order valence-electron chi connectivity index (χ0n) is 9.74. The molecular formula is C12H13ClN4. The molecule has 0 bridgehead atoms. The molecule has 0 fully saturated rings. The summed E-state index contributed by atoms with van der Waals surface area (Å²) in [6.45, 7) is 4.67. The van der Waals surface area contributed by atoms with Crippen molar-refractivity contribution in [2.24, 2.45) is 0 Å². The molecule has 0 saturated heterocycles. The number of anilines is 1. The van der Waals surface area contributed by atoms with Crippen LogP contribution in [-0.4, -0.2) is 15.0 Å². The zero-order valence-corrected chi connectivity index (χ0v) is 10.5. The topological polar surface area (TPSA) is 50.7 Å². The van der Waals surface area contributed by atoms with E-state index < -0.39 is 0 Å². The smallest absolute Gasteiger partial charge is 0.224 e. The monoisotopic (exact) mass is 248 g/mol. The van der Waals surface area contributed by atoms with Gasteiger partial charge >= 0.3 is 0 Å². The van der Waals surface area contributed by atoms with Gasteiger partial charge in [0, 0.05) is 30.7 Å². The number of nitrogens with one attached hydrogen (secondary N) is 1. The van der Waals surface area contributed by atoms with Gasteiger partial charge in [0.15, 0.2) is 0 Å². The van der Waals surface area contributed by atoms with Crippen molar-refractivity contribution in [3.63, 3.8) is 0 Å². The van der Waals surface area contributed by atoms with E-state index in [0.717, 1.165) is 16.9 Å². The molecule has 0 unspecified atom stereocenters. The molecule has 17 heavy (non-hydrogen) atoms. The van der Waals surface area contributed by atoms with Crippen LogP contribution in [0.1, 0.15) is 16.7 Å². The Hall–Kier alpha value is -1.68. The fourth-order valence-corrected chi connectivity index (χ4v) is 1.61. The van der Waals surface area contributed by atoms with E-state index in [1.54, 1.807) is 12.4 Å². The summed E-state index contributed by atoms with van der Waals surface area (Å²) in [6, 6.07) is 1.99. The number of hydrogen-bond donors (Lipinski definition) is 1. The molecule has 0 aliphatic rings. The molecule has 1 N–H and O–H groups in total. The first-order valence-corrected chi connectivity index (χ1v) is 5.67. The Bertz CT molecular complexity index is 528. The van der Waals surface area contributed by atoms with Gasteiger partial charge in [-0.05, 0) is 42.6 Å². The van der Waals surface area contributed by atoms with Crippen molar-refractivity contribution < 1.29 is 0 Å². The Morgan fingerprint density at radius 1 is 1.24 bits per heavy atom. The number of aryl methyl sites for hydroxylation is 2. The largest absolute Gasteiger partial charge is 0.366 e. The van der Waals surface area contributed by atoms with Gasteiger partial charge in [-0.3, -0.25) is 4.98 Å². The molecule has 4 nitrogen and oxygen atoms in total. The first-order chi connectivity index (χ1) is 8.16. The molecule has 5 heteroatoms. The van der Waals surface area contributed by atoms with E-state index in [0.29, 0.717) is 6.54 Å².